The number of aromatic nitrogens is 2. The molecule has 1 aromatic heterocycles. The van der Waals surface area contributed by atoms with Gasteiger partial charge in [0.2, 0.25) is 11.8 Å². The molecule has 0 spiro atoms. The van der Waals surface area contributed by atoms with Crippen LogP contribution in [0.2, 0.25) is 0 Å². The third-order valence-electron chi connectivity index (χ3n) is 4.40. The molecule has 1 amide bonds. The maximum absolute atomic E-state index is 11.4. The second-order valence-corrected chi connectivity index (χ2v) is 5.91. The molecule has 0 radical (unpaired) electrons. The average molecular weight is 293 g/mol. The number of anilines is 1. The Morgan fingerprint density at radius 1 is 1.48 bits per heavy atom. The van der Waals surface area contributed by atoms with Crippen LogP contribution in [0.25, 0.3) is 0 Å². The number of rotatable bonds is 4. The second kappa shape index (κ2) is 6.01. The van der Waals surface area contributed by atoms with Crippen LogP contribution in [-0.4, -0.2) is 41.8 Å². The van der Waals surface area contributed by atoms with Crippen LogP contribution in [0.1, 0.15) is 45.0 Å². The Hall–Kier alpha value is -1.63. The van der Waals surface area contributed by atoms with Gasteiger partial charge in [-0.05, 0) is 32.2 Å². The average Bonchev–Trinajstić information content (AvgIpc) is 2.97. The molecule has 21 heavy (non-hydrogen) atoms. The summed E-state index contributed by atoms with van der Waals surface area (Å²) in [6.45, 7) is 6.66. The predicted octanol–water partition coefficient (Wildman–Crippen LogP) is 0.845. The number of piperidine rings is 2. The summed E-state index contributed by atoms with van der Waals surface area (Å²) in [5.41, 5.74) is 0. The molecule has 3 heterocycles. The van der Waals surface area contributed by atoms with Crippen molar-refractivity contribution in [2.24, 2.45) is 5.92 Å². The van der Waals surface area contributed by atoms with Gasteiger partial charge in [0.15, 0.2) is 0 Å². The van der Waals surface area contributed by atoms with Crippen molar-refractivity contribution in [3.63, 3.8) is 0 Å². The van der Waals surface area contributed by atoms with E-state index in [-0.39, 0.29) is 11.9 Å². The summed E-state index contributed by atoms with van der Waals surface area (Å²) in [5.74, 6) is 1.30. The summed E-state index contributed by atoms with van der Waals surface area (Å²) < 4.78 is 5.79. The Bertz CT molecular complexity index is 503. The van der Waals surface area contributed by atoms with E-state index >= 15 is 0 Å². The summed E-state index contributed by atoms with van der Waals surface area (Å²) in [5, 5.41) is 14.7. The van der Waals surface area contributed by atoms with Crippen molar-refractivity contribution in [2.75, 3.05) is 24.5 Å². The van der Waals surface area contributed by atoms with Gasteiger partial charge in [0.1, 0.15) is 0 Å². The van der Waals surface area contributed by atoms with E-state index in [9.17, 15) is 4.79 Å². The van der Waals surface area contributed by atoms with E-state index < -0.39 is 0 Å². The number of nitrogens with one attached hydrogen (secondary N) is 2. The smallest absolute Gasteiger partial charge is 0.318 e. The predicted molar refractivity (Wildman–Crippen MR) is 77.9 cm³/mol. The summed E-state index contributed by atoms with van der Waals surface area (Å²) in [6, 6.07) is 0.985. The zero-order valence-corrected chi connectivity index (χ0v) is 12.6. The molecule has 116 valence electrons. The van der Waals surface area contributed by atoms with Crippen molar-refractivity contribution < 1.29 is 9.21 Å². The molecule has 0 bridgehead atoms. The van der Waals surface area contributed by atoms with Crippen LogP contribution in [0.5, 0.6) is 0 Å². The van der Waals surface area contributed by atoms with E-state index in [0.29, 0.717) is 30.3 Å². The molecule has 0 saturated carbocycles. The van der Waals surface area contributed by atoms with Gasteiger partial charge < -0.3 is 20.0 Å². The Morgan fingerprint density at radius 3 is 3.14 bits per heavy atom. The normalized spacial score (nSPS) is 27.1. The minimum atomic E-state index is 0.0720. The highest BCUT2D eigenvalue weighted by Gasteiger charge is 2.35. The van der Waals surface area contributed by atoms with Crippen molar-refractivity contribution in [1.29, 1.82) is 0 Å². The summed E-state index contributed by atoms with van der Waals surface area (Å²) in [6.07, 6.45) is 2.51. The largest absolute Gasteiger partial charge is 0.406 e. The monoisotopic (exact) mass is 293 g/mol. The molecule has 3 rings (SSSR count). The fraction of sp³-hybridized carbons (Fsp3) is 0.786. The Morgan fingerprint density at radius 2 is 2.33 bits per heavy atom. The van der Waals surface area contributed by atoms with Gasteiger partial charge in [-0.3, -0.25) is 4.79 Å². The molecule has 7 heteroatoms. The van der Waals surface area contributed by atoms with Crippen LogP contribution in [-0.2, 0) is 4.79 Å². The van der Waals surface area contributed by atoms with Gasteiger partial charge in [0, 0.05) is 25.6 Å². The van der Waals surface area contributed by atoms with Gasteiger partial charge >= 0.3 is 6.01 Å². The highest BCUT2D eigenvalue weighted by molar-refractivity contribution is 5.77. The fourth-order valence-electron chi connectivity index (χ4n) is 3.21. The number of fused-ring (bicyclic) bond motifs is 1. The van der Waals surface area contributed by atoms with Crippen molar-refractivity contribution in [3.05, 3.63) is 5.89 Å². The van der Waals surface area contributed by atoms with Crippen LogP contribution in [0.3, 0.4) is 0 Å². The molecular weight excluding hydrogens is 270 g/mol. The highest BCUT2D eigenvalue weighted by Crippen LogP contribution is 2.28. The van der Waals surface area contributed by atoms with Crippen LogP contribution in [0.4, 0.5) is 6.01 Å². The standard InChI is InChI=1S/C14H23N5O2/c1-3-15-9(2)13-17-18-14(21-13)19-7-6-11-10(8-19)4-5-12(20)16-11/h9-11,15H,3-8H2,1-2H3,(H,16,20). The third kappa shape index (κ3) is 3.02. The first-order valence-electron chi connectivity index (χ1n) is 7.78. The zero-order valence-electron chi connectivity index (χ0n) is 12.6. The van der Waals surface area contributed by atoms with Gasteiger partial charge in [-0.25, -0.2) is 0 Å². The first kappa shape index (κ1) is 14.3. The Labute approximate surface area is 124 Å². The third-order valence-corrected chi connectivity index (χ3v) is 4.40. The lowest BCUT2D eigenvalue weighted by molar-refractivity contribution is -0.124. The van der Waals surface area contributed by atoms with E-state index in [1.807, 2.05) is 6.92 Å². The molecule has 2 fully saturated rings. The number of carbonyl (C=O) groups is 1. The minimum Gasteiger partial charge on any atom is -0.406 e. The van der Waals surface area contributed by atoms with Crippen LogP contribution < -0.4 is 15.5 Å². The zero-order chi connectivity index (χ0) is 14.8. The molecule has 2 N–H and O–H groups in total. The molecule has 7 nitrogen and oxygen atoms in total. The number of hydrogen-bond donors (Lipinski definition) is 2. The molecule has 3 unspecified atom stereocenters. The summed E-state index contributed by atoms with van der Waals surface area (Å²) in [7, 11) is 0. The van der Waals surface area contributed by atoms with Crippen molar-refractivity contribution in [2.45, 2.75) is 45.2 Å². The summed E-state index contributed by atoms with van der Waals surface area (Å²) in [4.78, 5) is 13.6. The Kier molecular flexibility index (Phi) is 4.10. The number of amides is 1. The van der Waals surface area contributed by atoms with Gasteiger partial charge in [-0.2, -0.15) is 0 Å². The lowest BCUT2D eigenvalue weighted by Gasteiger charge is -2.40. The molecule has 0 aromatic carbocycles. The Balaban J connectivity index is 1.64. The van der Waals surface area contributed by atoms with Gasteiger partial charge in [0.05, 0.1) is 6.04 Å². The first-order valence-corrected chi connectivity index (χ1v) is 7.78. The van der Waals surface area contributed by atoms with Crippen molar-refractivity contribution in [3.8, 4) is 0 Å². The van der Waals surface area contributed by atoms with Gasteiger partial charge in [-0.15, -0.1) is 5.10 Å². The number of nitrogens with zero attached hydrogens (tertiary/aromatic N) is 3. The second-order valence-electron chi connectivity index (χ2n) is 5.91. The SMILES string of the molecule is CCNC(C)c1nnc(N2CCC3NC(=O)CCC3C2)o1. The van der Waals surface area contributed by atoms with Crippen molar-refractivity contribution >= 4 is 11.9 Å². The van der Waals surface area contributed by atoms with E-state index in [0.717, 1.165) is 32.5 Å². The molecular formula is C14H23N5O2. The molecule has 1 aromatic rings. The van der Waals surface area contributed by atoms with Gasteiger partial charge in [0.25, 0.3) is 0 Å². The topological polar surface area (TPSA) is 83.3 Å². The lowest BCUT2D eigenvalue weighted by Crippen LogP contribution is -2.54. The maximum Gasteiger partial charge on any atom is 0.318 e. The maximum atomic E-state index is 11.4. The number of hydrogen-bond acceptors (Lipinski definition) is 6. The van der Waals surface area contributed by atoms with E-state index in [4.69, 9.17) is 4.42 Å². The molecule has 2 aliphatic rings. The molecule has 2 aliphatic heterocycles. The van der Waals surface area contributed by atoms with Crippen molar-refractivity contribution in [1.82, 2.24) is 20.8 Å². The van der Waals surface area contributed by atoms with Crippen LogP contribution >= 0.6 is 0 Å². The highest BCUT2D eigenvalue weighted by atomic mass is 16.4. The van der Waals surface area contributed by atoms with E-state index in [2.05, 4.69) is 32.7 Å². The molecule has 2 saturated heterocycles. The number of carbonyl (C=O) groups excluding carboxylic acids is 1. The lowest BCUT2D eigenvalue weighted by atomic mass is 9.85. The van der Waals surface area contributed by atoms with Crippen LogP contribution in [0, 0.1) is 5.92 Å². The quantitative estimate of drug-likeness (QED) is 0.856. The van der Waals surface area contributed by atoms with Gasteiger partial charge in [-0.1, -0.05) is 12.0 Å². The molecule has 3 atom stereocenters. The first-order chi connectivity index (χ1) is 10.2. The minimum absolute atomic E-state index is 0.0720. The van der Waals surface area contributed by atoms with E-state index in [1.54, 1.807) is 0 Å². The van der Waals surface area contributed by atoms with Crippen LogP contribution in [0.15, 0.2) is 4.42 Å². The fourth-order valence-corrected chi connectivity index (χ4v) is 3.21. The summed E-state index contributed by atoms with van der Waals surface area (Å²) >= 11 is 0. The van der Waals surface area contributed by atoms with E-state index in [1.165, 1.54) is 0 Å². The molecule has 0 aliphatic carbocycles.